The van der Waals surface area contributed by atoms with Gasteiger partial charge in [-0.15, -0.1) is 0 Å². The van der Waals surface area contributed by atoms with Crippen LogP contribution in [-0.2, 0) is 14.8 Å². The van der Waals surface area contributed by atoms with E-state index in [1.165, 1.54) is 12.6 Å². The quantitative estimate of drug-likeness (QED) is 0.806. The molecule has 128 valence electrons. The first-order valence-electron chi connectivity index (χ1n) is 7.91. The fourth-order valence-electron chi connectivity index (χ4n) is 2.89. The molecule has 0 aliphatic carbocycles. The number of sulfonamides is 1. The second kappa shape index (κ2) is 7.90. The maximum Gasteiger partial charge on any atom is 0.236 e. The van der Waals surface area contributed by atoms with Crippen LogP contribution in [0.3, 0.4) is 0 Å². The summed E-state index contributed by atoms with van der Waals surface area (Å²) in [5.74, 6) is -0.946. The highest BCUT2D eigenvalue weighted by Gasteiger charge is 2.25. The first kappa shape index (κ1) is 17.9. The second-order valence-corrected chi connectivity index (χ2v) is 7.85. The third-order valence-corrected chi connectivity index (χ3v) is 5.62. The van der Waals surface area contributed by atoms with Gasteiger partial charge in [-0.25, -0.2) is 13.1 Å². The van der Waals surface area contributed by atoms with Gasteiger partial charge in [0.2, 0.25) is 15.9 Å². The van der Waals surface area contributed by atoms with Gasteiger partial charge in [-0.3, -0.25) is 9.69 Å². The summed E-state index contributed by atoms with van der Waals surface area (Å²) in [6.07, 6.45) is 1.67. The van der Waals surface area contributed by atoms with Crippen molar-refractivity contribution in [1.29, 1.82) is 0 Å². The number of rotatable bonds is 6. The number of likely N-dealkylation sites (tertiary alicyclic amines) is 1. The third-order valence-electron chi connectivity index (χ3n) is 4.36. The van der Waals surface area contributed by atoms with Gasteiger partial charge in [-0.2, -0.15) is 0 Å². The van der Waals surface area contributed by atoms with E-state index in [2.05, 4.69) is 34.0 Å². The molecule has 1 saturated heterocycles. The summed E-state index contributed by atoms with van der Waals surface area (Å²) in [5.41, 5.74) is 1.29. The number of benzene rings is 1. The van der Waals surface area contributed by atoms with Crippen LogP contribution in [0.2, 0.25) is 0 Å². The average molecular weight is 339 g/mol. The van der Waals surface area contributed by atoms with Crippen molar-refractivity contribution in [3.8, 4) is 0 Å². The van der Waals surface area contributed by atoms with E-state index >= 15 is 0 Å². The van der Waals surface area contributed by atoms with Gasteiger partial charge in [0.05, 0.1) is 0 Å². The lowest BCUT2D eigenvalue weighted by Gasteiger charge is -2.36. The molecular weight excluding hydrogens is 314 g/mol. The van der Waals surface area contributed by atoms with Crippen molar-refractivity contribution in [3.63, 3.8) is 0 Å². The fourth-order valence-corrected chi connectivity index (χ4v) is 3.46. The van der Waals surface area contributed by atoms with Crippen molar-refractivity contribution < 1.29 is 13.2 Å². The minimum absolute atomic E-state index is 0.0498. The number of carbonyl (C=O) groups is 1. The van der Waals surface area contributed by atoms with Gasteiger partial charge in [0.1, 0.15) is 5.75 Å². The van der Waals surface area contributed by atoms with Crippen molar-refractivity contribution in [2.24, 2.45) is 0 Å². The third kappa shape index (κ3) is 5.30. The highest BCUT2D eigenvalue weighted by atomic mass is 32.2. The number of piperidine rings is 1. The van der Waals surface area contributed by atoms with Crippen LogP contribution in [0.4, 0.5) is 0 Å². The van der Waals surface area contributed by atoms with Crippen molar-refractivity contribution in [1.82, 2.24) is 14.9 Å². The lowest BCUT2D eigenvalue weighted by atomic mass is 10.0. The molecule has 1 aromatic carbocycles. The molecule has 1 aliphatic rings. The van der Waals surface area contributed by atoms with Crippen LogP contribution >= 0.6 is 0 Å². The smallest absolute Gasteiger partial charge is 0.236 e. The Morgan fingerprint density at radius 3 is 2.43 bits per heavy atom. The maximum atomic E-state index is 11.8. The van der Waals surface area contributed by atoms with Crippen LogP contribution in [0.15, 0.2) is 30.3 Å². The molecule has 0 bridgehead atoms. The van der Waals surface area contributed by atoms with Gasteiger partial charge in [0.25, 0.3) is 0 Å². The Morgan fingerprint density at radius 1 is 1.26 bits per heavy atom. The summed E-state index contributed by atoms with van der Waals surface area (Å²) in [7, 11) is -2.19. The normalized spacial score (nSPS) is 18.5. The predicted octanol–water partition coefficient (Wildman–Crippen LogP) is 0.877. The summed E-state index contributed by atoms with van der Waals surface area (Å²) < 4.78 is 24.9. The van der Waals surface area contributed by atoms with Gasteiger partial charge in [0, 0.05) is 25.2 Å². The highest BCUT2D eigenvalue weighted by molar-refractivity contribution is 7.90. The number of hydrogen-bond acceptors (Lipinski definition) is 4. The van der Waals surface area contributed by atoms with Crippen molar-refractivity contribution in [2.75, 3.05) is 25.9 Å². The molecule has 23 heavy (non-hydrogen) atoms. The zero-order chi connectivity index (χ0) is 16.9. The van der Waals surface area contributed by atoms with E-state index in [0.29, 0.717) is 6.04 Å². The van der Waals surface area contributed by atoms with E-state index in [1.54, 1.807) is 0 Å². The second-order valence-electron chi connectivity index (χ2n) is 5.93. The minimum Gasteiger partial charge on any atom is -0.352 e. The fraction of sp³-hybridized carbons (Fsp3) is 0.562. The molecule has 1 heterocycles. The van der Waals surface area contributed by atoms with E-state index in [4.69, 9.17) is 0 Å². The number of hydrogen-bond donors (Lipinski definition) is 2. The monoisotopic (exact) mass is 339 g/mol. The molecule has 2 N–H and O–H groups in total. The molecule has 0 radical (unpaired) electrons. The first-order chi connectivity index (χ1) is 10.9. The van der Waals surface area contributed by atoms with E-state index in [0.717, 1.165) is 25.9 Å². The molecule has 0 aromatic heterocycles. The van der Waals surface area contributed by atoms with Gasteiger partial charge in [-0.1, -0.05) is 30.3 Å². The van der Waals surface area contributed by atoms with Crippen LogP contribution in [0.5, 0.6) is 0 Å². The highest BCUT2D eigenvalue weighted by Crippen LogP contribution is 2.23. The lowest BCUT2D eigenvalue weighted by molar-refractivity contribution is -0.119. The standard InChI is InChI=1S/C16H25N3O3S/c1-13(14-6-4-3-5-7-14)19-10-8-15(9-11-19)18-16(20)12-23(21,22)17-2/h3-7,13,15,17H,8-12H2,1-2H3,(H,18,20)/t13-/m0/s1. The molecule has 1 aliphatic heterocycles. The Morgan fingerprint density at radius 2 is 1.87 bits per heavy atom. The zero-order valence-corrected chi connectivity index (χ0v) is 14.5. The SMILES string of the molecule is CNS(=O)(=O)CC(=O)NC1CCN([C@@H](C)c2ccccc2)CC1. The molecule has 6 nitrogen and oxygen atoms in total. The van der Waals surface area contributed by atoms with Crippen LogP contribution in [-0.4, -0.2) is 51.2 Å². The zero-order valence-electron chi connectivity index (χ0n) is 13.7. The van der Waals surface area contributed by atoms with E-state index in [9.17, 15) is 13.2 Å². The van der Waals surface area contributed by atoms with E-state index in [-0.39, 0.29) is 6.04 Å². The molecule has 1 aromatic rings. The van der Waals surface area contributed by atoms with Gasteiger partial charge >= 0.3 is 0 Å². The topological polar surface area (TPSA) is 78.5 Å². The van der Waals surface area contributed by atoms with Gasteiger partial charge in [-0.05, 0) is 32.4 Å². The van der Waals surface area contributed by atoms with E-state index in [1.807, 2.05) is 18.2 Å². The summed E-state index contributed by atoms with van der Waals surface area (Å²) in [6, 6.07) is 10.7. The molecule has 1 fully saturated rings. The molecule has 2 rings (SSSR count). The van der Waals surface area contributed by atoms with Crippen LogP contribution in [0, 0.1) is 0 Å². The van der Waals surface area contributed by atoms with Gasteiger partial charge in [0.15, 0.2) is 0 Å². The molecular formula is C16H25N3O3S. The molecule has 1 amide bonds. The maximum absolute atomic E-state index is 11.8. The Hall–Kier alpha value is -1.44. The Labute approximate surface area is 138 Å². The van der Waals surface area contributed by atoms with Crippen LogP contribution < -0.4 is 10.0 Å². The number of amides is 1. The van der Waals surface area contributed by atoms with Crippen molar-refractivity contribution in [2.45, 2.75) is 31.8 Å². The Bertz CT molecular complexity index is 611. The summed E-state index contributed by atoms with van der Waals surface area (Å²) in [4.78, 5) is 14.2. The van der Waals surface area contributed by atoms with Crippen molar-refractivity contribution in [3.05, 3.63) is 35.9 Å². The summed E-state index contributed by atoms with van der Waals surface area (Å²) >= 11 is 0. The average Bonchev–Trinajstić information content (AvgIpc) is 2.55. The largest absolute Gasteiger partial charge is 0.352 e. The molecule has 0 unspecified atom stereocenters. The first-order valence-corrected chi connectivity index (χ1v) is 9.56. The minimum atomic E-state index is -3.50. The summed E-state index contributed by atoms with van der Waals surface area (Å²) in [6.45, 7) is 3.97. The Kier molecular flexibility index (Phi) is 6.15. The van der Waals surface area contributed by atoms with Gasteiger partial charge < -0.3 is 5.32 Å². The number of nitrogens with one attached hydrogen (secondary N) is 2. The molecule has 1 atom stereocenters. The van der Waals surface area contributed by atoms with Crippen molar-refractivity contribution >= 4 is 15.9 Å². The van der Waals surface area contributed by atoms with Crippen LogP contribution in [0.1, 0.15) is 31.4 Å². The number of carbonyl (C=O) groups excluding carboxylic acids is 1. The molecule has 0 spiro atoms. The molecule has 0 saturated carbocycles. The lowest BCUT2D eigenvalue weighted by Crippen LogP contribution is -2.47. The van der Waals surface area contributed by atoms with Crippen LogP contribution in [0.25, 0.3) is 0 Å². The van der Waals surface area contributed by atoms with E-state index < -0.39 is 21.7 Å². The summed E-state index contributed by atoms with van der Waals surface area (Å²) in [5, 5.41) is 2.82. The molecule has 7 heteroatoms. The predicted molar refractivity (Wildman–Crippen MR) is 90.4 cm³/mol. The number of nitrogens with zero attached hydrogens (tertiary/aromatic N) is 1. The Balaban J connectivity index is 1.81.